The van der Waals surface area contributed by atoms with Gasteiger partial charge in [0.25, 0.3) is 0 Å². The number of aryl methyl sites for hydroxylation is 1. The highest BCUT2D eigenvalue weighted by Gasteiger charge is 2.09. The van der Waals surface area contributed by atoms with Crippen LogP contribution in [0.5, 0.6) is 0 Å². The van der Waals surface area contributed by atoms with E-state index in [1.807, 2.05) is 19.1 Å². The van der Waals surface area contributed by atoms with Crippen LogP contribution in [0.4, 0.5) is 4.39 Å². The van der Waals surface area contributed by atoms with Crippen LogP contribution in [0.3, 0.4) is 0 Å². The van der Waals surface area contributed by atoms with Gasteiger partial charge in [-0.15, -0.1) is 0 Å². The maximum Gasteiger partial charge on any atom is 0.194 e. The number of ketones is 1. The third kappa shape index (κ3) is 2.56. The topological polar surface area (TPSA) is 30.0 Å². The average molecular weight is 229 g/mol. The molecule has 0 fully saturated rings. The zero-order valence-corrected chi connectivity index (χ0v) is 9.48. The fourth-order valence-corrected chi connectivity index (χ4v) is 1.59. The van der Waals surface area contributed by atoms with E-state index in [1.165, 1.54) is 17.8 Å². The molecule has 0 aliphatic rings. The fraction of sp³-hybridized carbons (Fsp3) is 0.143. The first-order valence-electron chi connectivity index (χ1n) is 5.45. The largest absolute Gasteiger partial charge is 0.289 e. The van der Waals surface area contributed by atoms with Gasteiger partial charge in [0.1, 0.15) is 5.82 Å². The van der Waals surface area contributed by atoms with Gasteiger partial charge in [0.2, 0.25) is 0 Å². The van der Waals surface area contributed by atoms with Crippen LogP contribution in [0.1, 0.15) is 28.4 Å². The molecule has 2 rings (SSSR count). The molecule has 2 aromatic rings. The summed E-state index contributed by atoms with van der Waals surface area (Å²) < 4.78 is 12.9. The second-order valence-electron chi connectivity index (χ2n) is 3.77. The van der Waals surface area contributed by atoms with Gasteiger partial charge in [-0.25, -0.2) is 4.39 Å². The highest BCUT2D eigenvalue weighted by atomic mass is 19.1. The van der Waals surface area contributed by atoms with E-state index in [4.69, 9.17) is 0 Å². The van der Waals surface area contributed by atoms with Crippen LogP contribution in [0.15, 0.2) is 42.7 Å². The monoisotopic (exact) mass is 229 g/mol. The summed E-state index contributed by atoms with van der Waals surface area (Å²) in [6.07, 6.45) is 3.38. The van der Waals surface area contributed by atoms with Gasteiger partial charge in [-0.2, -0.15) is 0 Å². The molecule has 86 valence electrons. The Hall–Kier alpha value is -2.03. The number of rotatable bonds is 3. The Morgan fingerprint density at radius 1 is 1.18 bits per heavy atom. The fourth-order valence-electron chi connectivity index (χ4n) is 1.59. The average Bonchev–Trinajstić information content (AvgIpc) is 2.38. The SMILES string of the molecule is CCc1ccc(C(=O)c2cncc(F)c2)cc1. The van der Waals surface area contributed by atoms with Gasteiger partial charge in [0.15, 0.2) is 5.78 Å². The minimum Gasteiger partial charge on any atom is -0.289 e. The molecular formula is C14H12FNO. The highest BCUT2D eigenvalue weighted by molar-refractivity contribution is 6.08. The Morgan fingerprint density at radius 2 is 1.88 bits per heavy atom. The van der Waals surface area contributed by atoms with Crippen molar-refractivity contribution < 1.29 is 9.18 Å². The van der Waals surface area contributed by atoms with Crippen molar-refractivity contribution >= 4 is 5.78 Å². The van der Waals surface area contributed by atoms with Crippen LogP contribution in [0, 0.1) is 5.82 Å². The first-order valence-corrected chi connectivity index (χ1v) is 5.45. The van der Waals surface area contributed by atoms with Gasteiger partial charge in [0, 0.05) is 17.3 Å². The second-order valence-corrected chi connectivity index (χ2v) is 3.77. The minimum absolute atomic E-state index is 0.209. The number of hydrogen-bond donors (Lipinski definition) is 0. The molecule has 0 saturated carbocycles. The van der Waals surface area contributed by atoms with E-state index in [0.29, 0.717) is 5.56 Å². The standard InChI is InChI=1S/C14H12FNO/c1-2-10-3-5-11(6-4-10)14(17)12-7-13(15)9-16-8-12/h3-9H,2H2,1H3. The number of halogens is 1. The Bertz CT molecular complexity index is 534. The molecule has 0 atom stereocenters. The summed E-state index contributed by atoms with van der Waals surface area (Å²) in [4.78, 5) is 15.7. The Labute approximate surface area is 99.1 Å². The van der Waals surface area contributed by atoms with E-state index in [-0.39, 0.29) is 11.3 Å². The van der Waals surface area contributed by atoms with Crippen molar-refractivity contribution in [2.45, 2.75) is 13.3 Å². The van der Waals surface area contributed by atoms with Gasteiger partial charge >= 0.3 is 0 Å². The van der Waals surface area contributed by atoms with Gasteiger partial charge in [-0.05, 0) is 18.1 Å². The van der Waals surface area contributed by atoms with Crippen LogP contribution >= 0.6 is 0 Å². The van der Waals surface area contributed by atoms with Crippen molar-refractivity contribution in [2.24, 2.45) is 0 Å². The van der Waals surface area contributed by atoms with Crippen molar-refractivity contribution in [3.8, 4) is 0 Å². The predicted octanol–water partition coefficient (Wildman–Crippen LogP) is 3.01. The highest BCUT2D eigenvalue weighted by Crippen LogP contribution is 2.11. The summed E-state index contributed by atoms with van der Waals surface area (Å²) in [5, 5.41) is 0. The molecule has 1 heterocycles. The van der Waals surface area contributed by atoms with Gasteiger partial charge in [-0.3, -0.25) is 9.78 Å². The molecule has 0 N–H and O–H groups in total. The third-order valence-corrected chi connectivity index (χ3v) is 2.59. The quantitative estimate of drug-likeness (QED) is 0.757. The summed E-state index contributed by atoms with van der Waals surface area (Å²) in [5.74, 6) is -0.708. The summed E-state index contributed by atoms with van der Waals surface area (Å²) in [5.41, 5.74) is 1.99. The number of aromatic nitrogens is 1. The molecule has 2 nitrogen and oxygen atoms in total. The van der Waals surface area contributed by atoms with Crippen molar-refractivity contribution in [3.05, 3.63) is 65.2 Å². The number of carbonyl (C=O) groups is 1. The molecule has 0 radical (unpaired) electrons. The van der Waals surface area contributed by atoms with E-state index in [0.717, 1.165) is 12.6 Å². The van der Waals surface area contributed by atoms with Crippen LogP contribution in [-0.4, -0.2) is 10.8 Å². The van der Waals surface area contributed by atoms with E-state index >= 15 is 0 Å². The molecule has 0 unspecified atom stereocenters. The normalized spacial score (nSPS) is 10.2. The number of hydrogen-bond acceptors (Lipinski definition) is 2. The molecule has 17 heavy (non-hydrogen) atoms. The van der Waals surface area contributed by atoms with Crippen molar-refractivity contribution in [1.82, 2.24) is 4.98 Å². The lowest BCUT2D eigenvalue weighted by Gasteiger charge is -2.02. The first kappa shape index (κ1) is 11.5. The second kappa shape index (κ2) is 4.87. The molecule has 0 bridgehead atoms. The van der Waals surface area contributed by atoms with Crippen molar-refractivity contribution in [3.63, 3.8) is 0 Å². The minimum atomic E-state index is -0.499. The summed E-state index contributed by atoms with van der Waals surface area (Å²) in [6.45, 7) is 2.05. The Morgan fingerprint density at radius 3 is 2.47 bits per heavy atom. The third-order valence-electron chi connectivity index (χ3n) is 2.59. The maximum absolute atomic E-state index is 12.9. The first-order chi connectivity index (χ1) is 8.20. The summed E-state index contributed by atoms with van der Waals surface area (Å²) in [7, 11) is 0. The summed E-state index contributed by atoms with van der Waals surface area (Å²) >= 11 is 0. The smallest absolute Gasteiger partial charge is 0.194 e. The number of carbonyl (C=O) groups excluding carboxylic acids is 1. The lowest BCUT2D eigenvalue weighted by atomic mass is 10.0. The lowest BCUT2D eigenvalue weighted by molar-refractivity contribution is 0.103. The van der Waals surface area contributed by atoms with Crippen molar-refractivity contribution in [1.29, 1.82) is 0 Å². The molecule has 1 aromatic carbocycles. The van der Waals surface area contributed by atoms with Crippen LogP contribution in [-0.2, 0) is 6.42 Å². The van der Waals surface area contributed by atoms with Crippen LogP contribution < -0.4 is 0 Å². The molecule has 0 aliphatic carbocycles. The summed E-state index contributed by atoms with van der Waals surface area (Å²) in [6, 6.07) is 8.52. The Balaban J connectivity index is 2.30. The Kier molecular flexibility index (Phi) is 3.28. The van der Waals surface area contributed by atoms with E-state index in [1.54, 1.807) is 12.1 Å². The zero-order chi connectivity index (χ0) is 12.3. The van der Waals surface area contributed by atoms with E-state index in [9.17, 15) is 9.18 Å². The van der Waals surface area contributed by atoms with Crippen LogP contribution in [0.25, 0.3) is 0 Å². The van der Waals surface area contributed by atoms with Crippen molar-refractivity contribution in [2.75, 3.05) is 0 Å². The van der Waals surface area contributed by atoms with E-state index in [2.05, 4.69) is 4.98 Å². The van der Waals surface area contributed by atoms with E-state index < -0.39 is 5.82 Å². The molecular weight excluding hydrogens is 217 g/mol. The van der Waals surface area contributed by atoms with Crippen LogP contribution in [0.2, 0.25) is 0 Å². The number of nitrogens with zero attached hydrogens (tertiary/aromatic N) is 1. The molecule has 0 spiro atoms. The predicted molar refractivity (Wildman–Crippen MR) is 63.4 cm³/mol. The lowest BCUT2D eigenvalue weighted by Crippen LogP contribution is -2.02. The number of pyridine rings is 1. The van der Waals surface area contributed by atoms with Gasteiger partial charge in [0.05, 0.1) is 6.20 Å². The molecule has 0 saturated heterocycles. The molecule has 3 heteroatoms. The van der Waals surface area contributed by atoms with Gasteiger partial charge in [-0.1, -0.05) is 31.2 Å². The van der Waals surface area contributed by atoms with Gasteiger partial charge < -0.3 is 0 Å². The number of benzene rings is 1. The zero-order valence-electron chi connectivity index (χ0n) is 9.48. The molecule has 1 aromatic heterocycles. The molecule has 0 amide bonds. The molecule has 0 aliphatic heterocycles. The maximum atomic E-state index is 12.9.